The van der Waals surface area contributed by atoms with E-state index in [0.717, 1.165) is 11.1 Å². The molecule has 0 fully saturated rings. The van der Waals surface area contributed by atoms with Crippen LogP contribution in [-0.4, -0.2) is 43.2 Å². The third-order valence-corrected chi connectivity index (χ3v) is 5.79. The highest BCUT2D eigenvalue weighted by Gasteiger charge is 2.24. The molecular weight excluding hydrogens is 416 g/mol. The van der Waals surface area contributed by atoms with Gasteiger partial charge in [-0.3, -0.25) is 10.1 Å². The maximum absolute atomic E-state index is 12.2. The van der Waals surface area contributed by atoms with Crippen LogP contribution in [0.25, 0.3) is 11.3 Å². The number of nitrogens with zero attached hydrogens (tertiary/aromatic N) is 2. The molecule has 0 saturated heterocycles. The molecule has 0 heterocycles. The fourth-order valence-electron chi connectivity index (χ4n) is 3.24. The van der Waals surface area contributed by atoms with E-state index in [1.165, 1.54) is 0 Å². The molecule has 0 saturated carbocycles. The Bertz CT molecular complexity index is 1100. The van der Waals surface area contributed by atoms with Gasteiger partial charge in [-0.15, -0.1) is 0 Å². The molecule has 0 aromatic heterocycles. The second-order valence-electron chi connectivity index (χ2n) is 8.60. The van der Waals surface area contributed by atoms with Crippen molar-refractivity contribution in [2.75, 3.05) is 27.8 Å². The highest BCUT2D eigenvalue weighted by Crippen LogP contribution is 2.34. The van der Waals surface area contributed by atoms with Gasteiger partial charge in [-0.05, 0) is 75.5 Å². The Kier molecular flexibility index (Phi) is 7.51. The molecule has 0 aliphatic carbocycles. The van der Waals surface area contributed by atoms with E-state index in [0.29, 0.717) is 29.2 Å². The number of methoxy groups -OCH3 is 1. The van der Waals surface area contributed by atoms with Crippen LogP contribution >= 0.6 is 0 Å². The Morgan fingerprint density at radius 1 is 0.848 bits per heavy atom. The van der Waals surface area contributed by atoms with E-state index in [1.807, 2.05) is 56.6 Å². The highest BCUT2D eigenvalue weighted by atomic mass is 16.6. The van der Waals surface area contributed by atoms with Crippen LogP contribution in [0.5, 0.6) is 11.5 Å². The van der Waals surface area contributed by atoms with E-state index in [1.54, 1.807) is 43.5 Å². The van der Waals surface area contributed by atoms with Gasteiger partial charge < -0.3 is 14.4 Å². The summed E-state index contributed by atoms with van der Waals surface area (Å²) >= 11 is 0. The van der Waals surface area contributed by atoms with Crippen molar-refractivity contribution in [3.8, 4) is 11.5 Å². The van der Waals surface area contributed by atoms with Crippen molar-refractivity contribution < 1.29 is 14.4 Å². The zero-order chi connectivity index (χ0) is 24.0. The zero-order valence-electron chi connectivity index (χ0n) is 19.7. The van der Waals surface area contributed by atoms with Crippen molar-refractivity contribution in [3.05, 3.63) is 106 Å². The van der Waals surface area contributed by atoms with Gasteiger partial charge in [0.05, 0.1) is 23.2 Å². The van der Waals surface area contributed by atoms with Gasteiger partial charge in [0, 0.05) is 5.54 Å². The molecule has 0 spiro atoms. The molecule has 33 heavy (non-hydrogen) atoms. The van der Waals surface area contributed by atoms with Gasteiger partial charge in [0.2, 0.25) is 0 Å². The molecule has 0 N–H and O–H groups in total. The van der Waals surface area contributed by atoms with E-state index >= 15 is 0 Å². The molecule has 172 valence electrons. The first-order valence-electron chi connectivity index (χ1n) is 10.7. The lowest BCUT2D eigenvalue weighted by Gasteiger charge is -2.32. The Balaban J connectivity index is 2.07. The van der Waals surface area contributed by atoms with Crippen molar-refractivity contribution in [3.63, 3.8) is 0 Å². The number of ether oxygens (including phenoxy) is 2. The molecule has 0 aliphatic heterocycles. The molecule has 3 aromatic rings. The summed E-state index contributed by atoms with van der Waals surface area (Å²) in [4.78, 5) is 14.0. The summed E-state index contributed by atoms with van der Waals surface area (Å²) in [6, 6.07) is 23.7. The lowest BCUT2D eigenvalue weighted by atomic mass is 9.93. The summed E-state index contributed by atoms with van der Waals surface area (Å²) < 4.78 is 11.3. The Labute approximate surface area is 195 Å². The topological polar surface area (TPSA) is 64.8 Å². The maximum Gasteiger partial charge on any atom is 0.284 e. The normalized spacial score (nSPS) is 12.3. The molecule has 0 amide bonds. The maximum atomic E-state index is 12.2. The van der Waals surface area contributed by atoms with Crippen LogP contribution in [0.4, 0.5) is 0 Å². The fraction of sp³-hybridized carbons (Fsp3) is 0.259. The summed E-state index contributed by atoms with van der Waals surface area (Å²) in [7, 11) is 5.62. The summed E-state index contributed by atoms with van der Waals surface area (Å²) in [6.45, 7) is 4.73. The van der Waals surface area contributed by atoms with Gasteiger partial charge in [0.15, 0.2) is 0 Å². The van der Waals surface area contributed by atoms with Crippen LogP contribution < -0.4 is 9.47 Å². The first kappa shape index (κ1) is 24.0. The average Bonchev–Trinajstić information content (AvgIpc) is 2.82. The number of hydrogen-bond donors (Lipinski definition) is 0. The Morgan fingerprint density at radius 3 is 1.82 bits per heavy atom. The number of hydrogen-bond acceptors (Lipinski definition) is 5. The monoisotopic (exact) mass is 446 g/mol. The summed E-state index contributed by atoms with van der Waals surface area (Å²) in [5, 5.41) is 12.2. The molecule has 0 aliphatic rings. The molecule has 0 unspecified atom stereocenters. The van der Waals surface area contributed by atoms with Gasteiger partial charge >= 0.3 is 0 Å². The lowest BCUT2D eigenvalue weighted by Crippen LogP contribution is -2.43. The standard InChI is InChI=1S/C27H30N2O4/c1-27(2,28(3)4)19-33-24-17-13-21(14-18-24)25(20-11-15-23(32-5)16-12-20)26(29(30)31)22-9-7-6-8-10-22/h6-18H,19H2,1-5H3/b26-25+. The van der Waals surface area contributed by atoms with Crippen LogP contribution in [0, 0.1) is 10.1 Å². The Morgan fingerprint density at radius 2 is 1.36 bits per heavy atom. The van der Waals surface area contributed by atoms with Gasteiger partial charge in [-0.1, -0.05) is 42.5 Å². The van der Waals surface area contributed by atoms with Crippen molar-refractivity contribution >= 4 is 11.3 Å². The number of benzene rings is 3. The second-order valence-corrected chi connectivity index (χ2v) is 8.60. The summed E-state index contributed by atoms with van der Waals surface area (Å²) in [6.07, 6.45) is 0. The van der Waals surface area contributed by atoms with Crippen molar-refractivity contribution in [1.82, 2.24) is 4.90 Å². The lowest BCUT2D eigenvalue weighted by molar-refractivity contribution is -0.374. The van der Waals surface area contributed by atoms with E-state index < -0.39 is 0 Å². The largest absolute Gasteiger partial charge is 0.497 e. The predicted octanol–water partition coefficient (Wildman–Crippen LogP) is 5.61. The number of likely N-dealkylation sites (N-methyl/N-ethyl adjacent to an activating group) is 1. The molecule has 0 bridgehead atoms. The van der Waals surface area contributed by atoms with Gasteiger partial charge in [0.25, 0.3) is 5.70 Å². The minimum Gasteiger partial charge on any atom is -0.497 e. The van der Waals surface area contributed by atoms with Crippen molar-refractivity contribution in [2.45, 2.75) is 19.4 Å². The number of nitro groups is 1. The smallest absolute Gasteiger partial charge is 0.284 e. The first-order valence-corrected chi connectivity index (χ1v) is 10.7. The van der Waals surface area contributed by atoms with Crippen LogP contribution in [0.1, 0.15) is 30.5 Å². The fourth-order valence-corrected chi connectivity index (χ4v) is 3.24. The van der Waals surface area contributed by atoms with E-state index in [2.05, 4.69) is 18.7 Å². The quantitative estimate of drug-likeness (QED) is 0.243. The molecule has 6 nitrogen and oxygen atoms in total. The summed E-state index contributed by atoms with van der Waals surface area (Å²) in [5.74, 6) is 1.40. The van der Waals surface area contributed by atoms with Crippen molar-refractivity contribution in [1.29, 1.82) is 0 Å². The van der Waals surface area contributed by atoms with Crippen LogP contribution in [0.2, 0.25) is 0 Å². The molecule has 0 radical (unpaired) electrons. The number of rotatable bonds is 9. The molecule has 0 atom stereocenters. The SMILES string of the molecule is COc1ccc(/C(=C(/c2ccccc2)[N+](=O)[O-])c2ccc(OCC(C)(C)N(C)C)cc2)cc1. The summed E-state index contributed by atoms with van der Waals surface area (Å²) in [5.41, 5.74) is 2.46. The third-order valence-electron chi connectivity index (χ3n) is 5.79. The minimum absolute atomic E-state index is 0.0446. The van der Waals surface area contributed by atoms with E-state index in [9.17, 15) is 10.1 Å². The first-order chi connectivity index (χ1) is 15.7. The molecular formula is C27H30N2O4. The van der Waals surface area contributed by atoms with Crippen LogP contribution in [0.15, 0.2) is 78.9 Å². The Hall–Kier alpha value is -3.64. The molecule has 3 rings (SSSR count). The van der Waals surface area contributed by atoms with E-state index in [-0.39, 0.29) is 16.2 Å². The average molecular weight is 447 g/mol. The predicted molar refractivity (Wildman–Crippen MR) is 132 cm³/mol. The highest BCUT2D eigenvalue weighted by molar-refractivity contribution is 5.95. The second kappa shape index (κ2) is 10.3. The minimum atomic E-state index is -0.321. The van der Waals surface area contributed by atoms with Crippen molar-refractivity contribution in [2.24, 2.45) is 0 Å². The van der Waals surface area contributed by atoms with Gasteiger partial charge in [-0.25, -0.2) is 0 Å². The van der Waals surface area contributed by atoms with Gasteiger partial charge in [0.1, 0.15) is 18.1 Å². The molecule has 3 aromatic carbocycles. The zero-order valence-corrected chi connectivity index (χ0v) is 19.7. The van der Waals surface area contributed by atoms with E-state index in [4.69, 9.17) is 9.47 Å². The van der Waals surface area contributed by atoms with Crippen LogP contribution in [-0.2, 0) is 0 Å². The molecule has 6 heteroatoms. The van der Waals surface area contributed by atoms with Gasteiger partial charge in [-0.2, -0.15) is 0 Å². The third kappa shape index (κ3) is 5.79. The van der Waals surface area contributed by atoms with Crippen LogP contribution in [0.3, 0.4) is 0 Å².